The minimum atomic E-state index is -0.849. The van der Waals surface area contributed by atoms with Crippen molar-refractivity contribution in [2.75, 3.05) is 0 Å². The molecule has 0 rings (SSSR count). The van der Waals surface area contributed by atoms with Gasteiger partial charge in [-0.05, 0) is 6.92 Å². The summed E-state index contributed by atoms with van der Waals surface area (Å²) in [6.07, 6.45) is 3.94. The molecule has 0 bridgehead atoms. The van der Waals surface area contributed by atoms with Gasteiger partial charge in [-0.25, -0.2) is 4.79 Å². The Kier molecular flexibility index (Phi) is 4.00. The molecule has 0 fully saturated rings. The highest BCUT2D eigenvalue weighted by molar-refractivity contribution is 5.80. The summed E-state index contributed by atoms with van der Waals surface area (Å²) in [7, 11) is 0. The molecule has 0 aliphatic heterocycles. The summed E-state index contributed by atoms with van der Waals surface area (Å²) in [5, 5.41) is 0. The SMILES string of the molecule is C=CC(=O)OOC(C)(C=C)C=C. The Bertz CT molecular complexity index is 198. The topological polar surface area (TPSA) is 35.5 Å². The zero-order chi connectivity index (χ0) is 9.61. The first-order valence-corrected chi connectivity index (χ1v) is 3.37. The third-order valence-corrected chi connectivity index (χ3v) is 1.28. The van der Waals surface area contributed by atoms with Crippen LogP contribution in [0, 0.1) is 0 Å². The minimum absolute atomic E-state index is 0.648. The Morgan fingerprint density at radius 2 is 1.83 bits per heavy atom. The first-order chi connectivity index (χ1) is 5.58. The van der Waals surface area contributed by atoms with E-state index in [1.165, 1.54) is 12.2 Å². The van der Waals surface area contributed by atoms with Crippen molar-refractivity contribution in [1.82, 2.24) is 0 Å². The molecule has 0 aromatic rings. The molecule has 0 atom stereocenters. The standard InChI is InChI=1S/C9H12O3/c1-5-8(10)11-12-9(4,6-2)7-3/h5-7H,1-3H2,4H3. The fraction of sp³-hybridized carbons (Fsp3) is 0.222. The van der Waals surface area contributed by atoms with Gasteiger partial charge in [0.15, 0.2) is 0 Å². The van der Waals surface area contributed by atoms with Crippen molar-refractivity contribution in [3.8, 4) is 0 Å². The van der Waals surface area contributed by atoms with E-state index in [9.17, 15) is 4.79 Å². The fourth-order valence-electron chi connectivity index (χ4n) is 0.316. The van der Waals surface area contributed by atoms with Gasteiger partial charge >= 0.3 is 5.97 Å². The van der Waals surface area contributed by atoms with Crippen LogP contribution in [-0.2, 0) is 14.6 Å². The Hall–Kier alpha value is -1.35. The maximum absolute atomic E-state index is 10.6. The van der Waals surface area contributed by atoms with Gasteiger partial charge in [-0.3, -0.25) is 4.89 Å². The van der Waals surface area contributed by atoms with Gasteiger partial charge in [0.05, 0.1) is 0 Å². The smallest absolute Gasteiger partial charge is 0.292 e. The Morgan fingerprint density at radius 3 is 2.17 bits per heavy atom. The second-order valence-electron chi connectivity index (χ2n) is 2.28. The molecule has 0 unspecified atom stereocenters. The van der Waals surface area contributed by atoms with Crippen molar-refractivity contribution in [1.29, 1.82) is 0 Å². The summed E-state index contributed by atoms with van der Waals surface area (Å²) in [6, 6.07) is 0. The average Bonchev–Trinajstić information content (AvgIpc) is 2.13. The molecule has 0 radical (unpaired) electrons. The quantitative estimate of drug-likeness (QED) is 0.271. The number of hydrogen-bond donors (Lipinski definition) is 0. The monoisotopic (exact) mass is 168 g/mol. The van der Waals surface area contributed by atoms with Crippen molar-refractivity contribution in [3.05, 3.63) is 38.0 Å². The maximum Gasteiger partial charge on any atom is 0.365 e. The molecule has 0 saturated carbocycles. The van der Waals surface area contributed by atoms with Crippen LogP contribution in [0.3, 0.4) is 0 Å². The van der Waals surface area contributed by atoms with E-state index in [-0.39, 0.29) is 0 Å². The number of hydrogen-bond acceptors (Lipinski definition) is 3. The van der Waals surface area contributed by atoms with E-state index in [1.807, 2.05) is 0 Å². The highest BCUT2D eigenvalue weighted by atomic mass is 17.2. The third-order valence-electron chi connectivity index (χ3n) is 1.28. The molecule has 0 aliphatic rings. The Balaban J connectivity index is 4.05. The molecule has 66 valence electrons. The molecule has 0 aliphatic carbocycles. The lowest BCUT2D eigenvalue weighted by Gasteiger charge is -2.18. The molecule has 0 heterocycles. The largest absolute Gasteiger partial charge is 0.365 e. The second kappa shape index (κ2) is 4.51. The van der Waals surface area contributed by atoms with Crippen LogP contribution in [0.2, 0.25) is 0 Å². The summed E-state index contributed by atoms with van der Waals surface area (Å²) in [6.45, 7) is 11.9. The van der Waals surface area contributed by atoms with Crippen LogP contribution < -0.4 is 0 Å². The van der Waals surface area contributed by atoms with Gasteiger partial charge in [-0.15, -0.1) is 0 Å². The summed E-state index contributed by atoms with van der Waals surface area (Å²) < 4.78 is 0. The van der Waals surface area contributed by atoms with Gasteiger partial charge in [-0.2, -0.15) is 4.89 Å². The van der Waals surface area contributed by atoms with Crippen LogP contribution in [0.25, 0.3) is 0 Å². The van der Waals surface area contributed by atoms with Gasteiger partial charge in [0.1, 0.15) is 5.60 Å². The number of rotatable bonds is 5. The van der Waals surface area contributed by atoms with Gasteiger partial charge < -0.3 is 0 Å². The van der Waals surface area contributed by atoms with Crippen LogP contribution >= 0.6 is 0 Å². The van der Waals surface area contributed by atoms with Gasteiger partial charge in [0.2, 0.25) is 0 Å². The van der Waals surface area contributed by atoms with E-state index in [4.69, 9.17) is 4.89 Å². The Labute approximate surface area is 71.9 Å². The minimum Gasteiger partial charge on any atom is -0.292 e. The lowest BCUT2D eigenvalue weighted by Crippen LogP contribution is -2.23. The molecule has 0 amide bonds. The fourth-order valence-corrected chi connectivity index (χ4v) is 0.316. The van der Waals surface area contributed by atoms with Crippen LogP contribution in [0.15, 0.2) is 38.0 Å². The van der Waals surface area contributed by atoms with E-state index < -0.39 is 11.6 Å². The first-order valence-electron chi connectivity index (χ1n) is 3.37. The van der Waals surface area contributed by atoms with Crippen molar-refractivity contribution in [2.24, 2.45) is 0 Å². The van der Waals surface area contributed by atoms with Gasteiger partial charge in [0.25, 0.3) is 0 Å². The van der Waals surface area contributed by atoms with Crippen LogP contribution in [-0.4, -0.2) is 11.6 Å². The molecule has 0 spiro atoms. The Morgan fingerprint density at radius 1 is 1.33 bits per heavy atom. The summed E-state index contributed by atoms with van der Waals surface area (Å²) in [4.78, 5) is 19.6. The third kappa shape index (κ3) is 3.16. The van der Waals surface area contributed by atoms with Crippen molar-refractivity contribution >= 4 is 5.97 Å². The van der Waals surface area contributed by atoms with Crippen molar-refractivity contribution < 1.29 is 14.6 Å². The molecule has 0 saturated heterocycles. The summed E-state index contributed by atoms with van der Waals surface area (Å²) in [5.41, 5.74) is -0.849. The lowest BCUT2D eigenvalue weighted by atomic mass is 10.1. The predicted molar refractivity (Wildman–Crippen MR) is 46.2 cm³/mol. The zero-order valence-electron chi connectivity index (χ0n) is 7.08. The van der Waals surface area contributed by atoms with E-state index in [0.29, 0.717) is 0 Å². The second-order valence-corrected chi connectivity index (χ2v) is 2.28. The highest BCUT2D eigenvalue weighted by Crippen LogP contribution is 2.12. The summed E-state index contributed by atoms with van der Waals surface area (Å²) >= 11 is 0. The molecular formula is C9H12O3. The van der Waals surface area contributed by atoms with E-state index >= 15 is 0 Å². The molecular weight excluding hydrogens is 156 g/mol. The van der Waals surface area contributed by atoms with Crippen LogP contribution in [0.1, 0.15) is 6.92 Å². The molecule has 0 aromatic heterocycles. The van der Waals surface area contributed by atoms with Crippen LogP contribution in [0.4, 0.5) is 0 Å². The van der Waals surface area contributed by atoms with Crippen molar-refractivity contribution in [2.45, 2.75) is 12.5 Å². The van der Waals surface area contributed by atoms with E-state index in [1.54, 1.807) is 6.92 Å². The highest BCUT2D eigenvalue weighted by Gasteiger charge is 2.19. The van der Waals surface area contributed by atoms with Gasteiger partial charge in [0, 0.05) is 6.08 Å². The predicted octanol–water partition coefficient (Wildman–Crippen LogP) is 1.78. The zero-order valence-corrected chi connectivity index (χ0v) is 7.08. The van der Waals surface area contributed by atoms with E-state index in [0.717, 1.165) is 6.08 Å². The van der Waals surface area contributed by atoms with Crippen LogP contribution in [0.5, 0.6) is 0 Å². The molecule has 3 heteroatoms. The van der Waals surface area contributed by atoms with Gasteiger partial charge in [-0.1, -0.05) is 31.9 Å². The first kappa shape index (κ1) is 10.7. The average molecular weight is 168 g/mol. The lowest BCUT2D eigenvalue weighted by molar-refractivity contribution is -0.301. The normalized spacial score (nSPS) is 10.1. The number of carbonyl (C=O) groups is 1. The molecule has 3 nitrogen and oxygen atoms in total. The molecule has 0 N–H and O–H groups in total. The number of carbonyl (C=O) groups excluding carboxylic acids is 1. The summed E-state index contributed by atoms with van der Waals surface area (Å²) in [5.74, 6) is -0.648. The van der Waals surface area contributed by atoms with Crippen molar-refractivity contribution in [3.63, 3.8) is 0 Å². The molecule has 0 aromatic carbocycles. The maximum atomic E-state index is 10.6. The van der Waals surface area contributed by atoms with E-state index in [2.05, 4.69) is 24.6 Å². The molecule has 12 heavy (non-hydrogen) atoms.